The molecule has 0 heterocycles. The summed E-state index contributed by atoms with van der Waals surface area (Å²) in [6.07, 6.45) is 0. The number of hydrogen-bond acceptors (Lipinski definition) is 3. The van der Waals surface area contributed by atoms with E-state index in [-0.39, 0.29) is 5.84 Å². The molecule has 4 nitrogen and oxygen atoms in total. The summed E-state index contributed by atoms with van der Waals surface area (Å²) in [6.45, 7) is 4.14. The monoisotopic (exact) mass is 303 g/mol. The lowest BCUT2D eigenvalue weighted by molar-refractivity contribution is 0.318. The Morgan fingerprint density at radius 1 is 1.10 bits per heavy atom. The van der Waals surface area contributed by atoms with Crippen LogP contribution in [0, 0.1) is 13.8 Å². The number of hydrogen-bond donors (Lipinski definition) is 2. The molecule has 0 saturated carbocycles. The Balaban J connectivity index is 2.40. The maximum atomic E-state index is 8.72. The number of aryl methyl sites for hydroxylation is 2. The number of nitrogens with zero attached hydrogens (tertiary/aromatic N) is 2. The van der Waals surface area contributed by atoms with Crippen molar-refractivity contribution in [3.8, 4) is 0 Å². The Hall–Kier alpha value is -2.20. The fourth-order valence-electron chi connectivity index (χ4n) is 2.27. The zero-order chi connectivity index (χ0) is 15.6. The van der Waals surface area contributed by atoms with Crippen molar-refractivity contribution in [3.63, 3.8) is 0 Å². The number of anilines is 2. The van der Waals surface area contributed by atoms with E-state index in [1.54, 1.807) is 12.1 Å². The Kier molecular flexibility index (Phi) is 4.38. The summed E-state index contributed by atoms with van der Waals surface area (Å²) in [5, 5.41) is 12.1. The lowest BCUT2D eigenvalue weighted by atomic mass is 10.1. The van der Waals surface area contributed by atoms with Crippen LogP contribution in [0.3, 0.4) is 0 Å². The quantitative estimate of drug-likeness (QED) is 0.392. The molecule has 2 aromatic rings. The number of benzene rings is 2. The number of oxime groups is 1. The third kappa shape index (κ3) is 3.28. The molecule has 0 fully saturated rings. The minimum Gasteiger partial charge on any atom is -0.409 e. The zero-order valence-corrected chi connectivity index (χ0v) is 13.0. The van der Waals surface area contributed by atoms with Crippen LogP contribution >= 0.6 is 11.6 Å². The van der Waals surface area contributed by atoms with Crippen LogP contribution in [0.5, 0.6) is 0 Å². The number of nitrogens with two attached hydrogens (primary N) is 1. The van der Waals surface area contributed by atoms with E-state index in [4.69, 9.17) is 22.5 Å². The van der Waals surface area contributed by atoms with Crippen LogP contribution in [-0.2, 0) is 0 Å². The number of amidine groups is 1. The molecule has 0 aliphatic carbocycles. The molecule has 5 heteroatoms. The molecular formula is C16H18ClN3O. The van der Waals surface area contributed by atoms with Crippen molar-refractivity contribution in [2.24, 2.45) is 10.9 Å². The van der Waals surface area contributed by atoms with Crippen molar-refractivity contribution < 1.29 is 5.21 Å². The topological polar surface area (TPSA) is 61.8 Å². The average molecular weight is 304 g/mol. The van der Waals surface area contributed by atoms with Gasteiger partial charge in [0.05, 0.1) is 5.02 Å². The summed E-state index contributed by atoms with van der Waals surface area (Å²) in [5.41, 5.74) is 10.5. The molecule has 0 amide bonds. The lowest BCUT2D eigenvalue weighted by Crippen LogP contribution is -2.15. The van der Waals surface area contributed by atoms with Gasteiger partial charge >= 0.3 is 0 Å². The number of halogens is 1. The molecule has 2 rings (SSSR count). The second-order valence-electron chi connectivity index (χ2n) is 5.05. The third-order valence-corrected chi connectivity index (χ3v) is 3.63. The molecular weight excluding hydrogens is 286 g/mol. The Labute approximate surface area is 129 Å². The minimum atomic E-state index is 0.000558. The molecule has 0 unspecified atom stereocenters. The van der Waals surface area contributed by atoms with E-state index < -0.39 is 0 Å². The van der Waals surface area contributed by atoms with E-state index >= 15 is 0 Å². The maximum absolute atomic E-state index is 8.72. The van der Waals surface area contributed by atoms with Crippen molar-refractivity contribution in [2.75, 3.05) is 11.9 Å². The summed E-state index contributed by atoms with van der Waals surface area (Å²) in [4.78, 5) is 2.04. The van der Waals surface area contributed by atoms with Gasteiger partial charge in [-0.3, -0.25) is 0 Å². The van der Waals surface area contributed by atoms with Crippen LogP contribution in [0.25, 0.3) is 0 Å². The van der Waals surface area contributed by atoms with Gasteiger partial charge in [-0.1, -0.05) is 22.8 Å². The first-order valence-corrected chi connectivity index (χ1v) is 6.89. The van der Waals surface area contributed by atoms with Gasteiger partial charge in [-0.2, -0.15) is 0 Å². The summed E-state index contributed by atoms with van der Waals surface area (Å²) < 4.78 is 0. The highest BCUT2D eigenvalue weighted by molar-refractivity contribution is 6.34. The summed E-state index contributed by atoms with van der Waals surface area (Å²) >= 11 is 6.20. The van der Waals surface area contributed by atoms with Crippen molar-refractivity contribution >= 4 is 28.8 Å². The molecule has 0 aliphatic rings. The Morgan fingerprint density at radius 3 is 2.24 bits per heavy atom. The van der Waals surface area contributed by atoms with Crippen LogP contribution in [0.1, 0.15) is 16.7 Å². The predicted octanol–water partition coefficient (Wildman–Crippen LogP) is 3.82. The second-order valence-corrected chi connectivity index (χ2v) is 5.46. The summed E-state index contributed by atoms with van der Waals surface area (Å²) in [5.74, 6) is 0.000558. The molecule has 0 radical (unpaired) electrons. The van der Waals surface area contributed by atoms with Gasteiger partial charge in [-0.15, -0.1) is 0 Å². The van der Waals surface area contributed by atoms with Crippen molar-refractivity contribution in [1.82, 2.24) is 0 Å². The largest absolute Gasteiger partial charge is 0.409 e. The standard InChI is InChI=1S/C16H18ClN3O/c1-10-6-11(2)8-13(7-10)20(3)12-4-5-14(15(17)9-12)16(18)19-21/h4-9,21H,1-3H3,(H2,18,19). The molecule has 0 aliphatic heterocycles. The van der Waals surface area contributed by atoms with Gasteiger partial charge in [0.2, 0.25) is 0 Å². The van der Waals surface area contributed by atoms with Gasteiger partial charge in [-0.25, -0.2) is 0 Å². The minimum absolute atomic E-state index is 0.000558. The second kappa shape index (κ2) is 6.06. The van der Waals surface area contributed by atoms with Gasteiger partial charge in [0.15, 0.2) is 5.84 Å². The zero-order valence-electron chi connectivity index (χ0n) is 12.3. The normalized spacial score (nSPS) is 11.5. The van der Waals surface area contributed by atoms with Gasteiger partial charge in [0.25, 0.3) is 0 Å². The summed E-state index contributed by atoms with van der Waals surface area (Å²) in [6, 6.07) is 11.8. The molecule has 2 aromatic carbocycles. The fourth-order valence-corrected chi connectivity index (χ4v) is 2.54. The molecule has 0 atom stereocenters. The first kappa shape index (κ1) is 15.2. The van der Waals surface area contributed by atoms with Crippen molar-refractivity contribution in [1.29, 1.82) is 0 Å². The maximum Gasteiger partial charge on any atom is 0.171 e. The van der Waals surface area contributed by atoms with E-state index in [2.05, 4.69) is 37.2 Å². The van der Waals surface area contributed by atoms with Gasteiger partial charge in [-0.05, 0) is 55.3 Å². The van der Waals surface area contributed by atoms with Crippen LogP contribution in [0.15, 0.2) is 41.6 Å². The SMILES string of the molecule is Cc1cc(C)cc(N(C)c2ccc(C(N)=NO)c(Cl)c2)c1. The van der Waals surface area contributed by atoms with Gasteiger partial charge in [0.1, 0.15) is 0 Å². The molecule has 21 heavy (non-hydrogen) atoms. The molecule has 0 spiro atoms. The molecule has 0 aromatic heterocycles. The Bertz CT molecular complexity index is 678. The van der Waals surface area contributed by atoms with E-state index in [1.807, 2.05) is 18.0 Å². The third-order valence-electron chi connectivity index (χ3n) is 3.32. The molecule has 3 N–H and O–H groups in total. The lowest BCUT2D eigenvalue weighted by Gasteiger charge is -2.21. The average Bonchev–Trinajstić information content (AvgIpc) is 2.44. The van der Waals surface area contributed by atoms with Crippen LogP contribution < -0.4 is 10.6 Å². The smallest absolute Gasteiger partial charge is 0.171 e. The molecule has 0 bridgehead atoms. The highest BCUT2D eigenvalue weighted by Gasteiger charge is 2.10. The predicted molar refractivity (Wildman–Crippen MR) is 87.9 cm³/mol. The van der Waals surface area contributed by atoms with Crippen LogP contribution in [0.4, 0.5) is 11.4 Å². The fraction of sp³-hybridized carbons (Fsp3) is 0.188. The summed E-state index contributed by atoms with van der Waals surface area (Å²) in [7, 11) is 1.98. The van der Waals surface area contributed by atoms with E-state index in [0.29, 0.717) is 10.6 Å². The highest BCUT2D eigenvalue weighted by Crippen LogP contribution is 2.29. The first-order chi connectivity index (χ1) is 9.92. The number of rotatable bonds is 3. The van der Waals surface area contributed by atoms with Crippen molar-refractivity contribution in [2.45, 2.75) is 13.8 Å². The van der Waals surface area contributed by atoms with E-state index in [9.17, 15) is 0 Å². The highest BCUT2D eigenvalue weighted by atomic mass is 35.5. The van der Waals surface area contributed by atoms with Gasteiger partial charge in [0, 0.05) is 24.0 Å². The van der Waals surface area contributed by atoms with Crippen LogP contribution in [-0.4, -0.2) is 18.1 Å². The van der Waals surface area contributed by atoms with Gasteiger partial charge < -0.3 is 15.8 Å². The molecule has 110 valence electrons. The molecule has 0 saturated heterocycles. The van der Waals surface area contributed by atoms with Crippen LogP contribution in [0.2, 0.25) is 5.02 Å². The van der Waals surface area contributed by atoms with E-state index in [0.717, 1.165) is 11.4 Å². The first-order valence-electron chi connectivity index (χ1n) is 6.52. The van der Waals surface area contributed by atoms with E-state index in [1.165, 1.54) is 11.1 Å². The van der Waals surface area contributed by atoms with Crippen molar-refractivity contribution in [3.05, 3.63) is 58.1 Å². The Morgan fingerprint density at radius 2 is 1.71 bits per heavy atom.